The molecule has 0 fully saturated rings. The van der Waals surface area contributed by atoms with Crippen LogP contribution >= 0.6 is 0 Å². The smallest absolute Gasteiger partial charge is 0.310 e. The third kappa shape index (κ3) is 3.05. The van der Waals surface area contributed by atoms with Crippen LogP contribution in [0.4, 0.5) is 11.9 Å². The van der Waals surface area contributed by atoms with E-state index in [1.54, 1.807) is 39.1 Å². The maximum Gasteiger partial charge on any atom is 0.310 e. The molecule has 0 saturated heterocycles. The molecule has 3 N–H and O–H groups in total. The largest absolute Gasteiger partial charge is 0.425 e. The van der Waals surface area contributed by atoms with Crippen LogP contribution in [0.5, 0.6) is 5.75 Å². The predicted molar refractivity (Wildman–Crippen MR) is 80.5 cm³/mol. The van der Waals surface area contributed by atoms with Crippen molar-refractivity contribution in [3.05, 3.63) is 29.3 Å². The lowest BCUT2D eigenvalue weighted by Gasteiger charge is -2.12. The normalized spacial score (nSPS) is 10.3. The molecule has 0 bridgehead atoms. The molecule has 22 heavy (non-hydrogen) atoms. The van der Waals surface area contributed by atoms with E-state index in [-0.39, 0.29) is 29.6 Å². The van der Waals surface area contributed by atoms with E-state index in [1.807, 2.05) is 0 Å². The number of carbonyl (C=O) groups excluding carboxylic acids is 2. The van der Waals surface area contributed by atoms with Gasteiger partial charge in [-0.3, -0.25) is 19.5 Å². The van der Waals surface area contributed by atoms with Gasteiger partial charge in [-0.25, -0.2) is 0 Å². The quantitative estimate of drug-likeness (QED) is 0.650. The van der Waals surface area contributed by atoms with Gasteiger partial charge in [0.1, 0.15) is 5.75 Å². The average Bonchev–Trinajstić information content (AvgIpc) is 2.81. The minimum atomic E-state index is -0.460. The summed E-state index contributed by atoms with van der Waals surface area (Å²) in [7, 11) is 1.62. The van der Waals surface area contributed by atoms with E-state index in [0.29, 0.717) is 5.56 Å². The fourth-order valence-corrected chi connectivity index (χ4v) is 1.77. The maximum atomic E-state index is 12.4. The lowest BCUT2D eigenvalue weighted by atomic mass is 10.1. The van der Waals surface area contributed by atoms with E-state index < -0.39 is 11.9 Å². The van der Waals surface area contributed by atoms with Crippen molar-refractivity contribution in [2.75, 3.05) is 11.1 Å². The van der Waals surface area contributed by atoms with Gasteiger partial charge in [0.2, 0.25) is 11.9 Å². The lowest BCUT2D eigenvalue weighted by molar-refractivity contribution is -0.134. The number of benzene rings is 1. The number of nitrogen functional groups attached to an aromatic ring is 1. The van der Waals surface area contributed by atoms with Gasteiger partial charge in [0, 0.05) is 13.5 Å². The van der Waals surface area contributed by atoms with E-state index in [2.05, 4.69) is 15.5 Å². The SMILES string of the molecule is CCC(=O)Oc1c(C)cccc1C(=O)Nc1nnc(N)n1C. The van der Waals surface area contributed by atoms with Crippen molar-refractivity contribution in [1.29, 1.82) is 0 Å². The highest BCUT2D eigenvalue weighted by Crippen LogP contribution is 2.25. The second kappa shape index (κ2) is 6.25. The van der Waals surface area contributed by atoms with Crippen LogP contribution in [-0.4, -0.2) is 26.6 Å². The zero-order valence-electron chi connectivity index (χ0n) is 12.6. The number of nitrogens with two attached hydrogens (primary N) is 1. The number of hydrogen-bond donors (Lipinski definition) is 2. The molecule has 0 radical (unpaired) electrons. The summed E-state index contributed by atoms with van der Waals surface area (Å²) in [6.07, 6.45) is 0.217. The topological polar surface area (TPSA) is 112 Å². The molecule has 2 rings (SSSR count). The number of amides is 1. The van der Waals surface area contributed by atoms with Gasteiger partial charge in [-0.1, -0.05) is 19.1 Å². The minimum absolute atomic E-state index is 0.178. The minimum Gasteiger partial charge on any atom is -0.425 e. The molecule has 0 aliphatic carbocycles. The first kappa shape index (κ1) is 15.5. The number of rotatable bonds is 4. The molecule has 0 aliphatic rings. The van der Waals surface area contributed by atoms with Crippen molar-refractivity contribution in [3.8, 4) is 5.75 Å². The molecule has 1 amide bonds. The number of anilines is 2. The van der Waals surface area contributed by atoms with Gasteiger partial charge >= 0.3 is 5.97 Å². The monoisotopic (exact) mass is 303 g/mol. The maximum absolute atomic E-state index is 12.4. The molecular weight excluding hydrogens is 286 g/mol. The first-order valence-corrected chi connectivity index (χ1v) is 6.70. The number of hydrogen-bond acceptors (Lipinski definition) is 6. The van der Waals surface area contributed by atoms with Crippen molar-refractivity contribution in [1.82, 2.24) is 14.8 Å². The zero-order chi connectivity index (χ0) is 16.3. The van der Waals surface area contributed by atoms with Crippen LogP contribution < -0.4 is 15.8 Å². The second-order valence-corrected chi connectivity index (χ2v) is 4.67. The van der Waals surface area contributed by atoms with E-state index in [4.69, 9.17) is 10.5 Å². The molecule has 0 atom stereocenters. The van der Waals surface area contributed by atoms with Crippen LogP contribution in [0.3, 0.4) is 0 Å². The number of carbonyl (C=O) groups is 2. The molecular formula is C14H17N5O3. The van der Waals surface area contributed by atoms with Crippen molar-refractivity contribution in [2.24, 2.45) is 7.05 Å². The summed E-state index contributed by atoms with van der Waals surface area (Å²) in [5, 5.41) is 10.00. The van der Waals surface area contributed by atoms with Crippen LogP contribution in [0, 0.1) is 6.92 Å². The molecule has 2 aromatic rings. The molecule has 8 nitrogen and oxygen atoms in total. The van der Waals surface area contributed by atoms with Crippen LogP contribution in [0.1, 0.15) is 29.3 Å². The summed E-state index contributed by atoms with van der Waals surface area (Å²) >= 11 is 0. The van der Waals surface area contributed by atoms with Crippen molar-refractivity contribution in [3.63, 3.8) is 0 Å². The fraction of sp³-hybridized carbons (Fsp3) is 0.286. The number of nitrogens with zero attached hydrogens (tertiary/aromatic N) is 3. The Morgan fingerprint density at radius 2 is 2.09 bits per heavy atom. The van der Waals surface area contributed by atoms with Crippen LogP contribution in [0.15, 0.2) is 18.2 Å². The van der Waals surface area contributed by atoms with Gasteiger partial charge in [0.25, 0.3) is 5.91 Å². The number of para-hydroxylation sites is 1. The Labute approximate surface area is 127 Å². The van der Waals surface area contributed by atoms with E-state index in [0.717, 1.165) is 0 Å². The number of nitrogens with one attached hydrogen (secondary N) is 1. The first-order chi connectivity index (χ1) is 10.4. The fourth-order valence-electron chi connectivity index (χ4n) is 1.77. The van der Waals surface area contributed by atoms with Gasteiger partial charge in [-0.05, 0) is 18.6 Å². The Morgan fingerprint density at radius 3 is 2.68 bits per heavy atom. The highest BCUT2D eigenvalue weighted by molar-refractivity contribution is 6.06. The van der Waals surface area contributed by atoms with Crippen LogP contribution in [0.25, 0.3) is 0 Å². The van der Waals surface area contributed by atoms with Crippen LogP contribution in [0.2, 0.25) is 0 Å². The third-order valence-electron chi connectivity index (χ3n) is 3.09. The van der Waals surface area contributed by atoms with E-state index >= 15 is 0 Å². The van der Waals surface area contributed by atoms with Gasteiger partial charge in [-0.2, -0.15) is 0 Å². The summed E-state index contributed by atoms with van der Waals surface area (Å²) in [5.41, 5.74) is 6.49. The van der Waals surface area contributed by atoms with Crippen LogP contribution in [-0.2, 0) is 11.8 Å². The number of esters is 1. The molecule has 0 spiro atoms. The zero-order valence-corrected chi connectivity index (χ0v) is 12.6. The number of aromatic nitrogens is 3. The first-order valence-electron chi connectivity index (χ1n) is 6.70. The summed E-state index contributed by atoms with van der Waals surface area (Å²) in [6.45, 7) is 3.44. The molecule has 0 aliphatic heterocycles. The average molecular weight is 303 g/mol. The van der Waals surface area contributed by atoms with Gasteiger partial charge in [-0.15, -0.1) is 10.2 Å². The Balaban J connectivity index is 2.31. The van der Waals surface area contributed by atoms with E-state index in [1.165, 1.54) is 4.57 Å². The van der Waals surface area contributed by atoms with E-state index in [9.17, 15) is 9.59 Å². The summed E-state index contributed by atoms with van der Waals surface area (Å²) < 4.78 is 6.69. The molecule has 1 aromatic heterocycles. The highest BCUT2D eigenvalue weighted by atomic mass is 16.5. The number of ether oxygens (including phenoxy) is 1. The standard InChI is InChI=1S/C14H17N5O3/c1-4-10(20)22-11-8(2)6-5-7-9(11)12(21)16-14-18-17-13(15)19(14)3/h5-7H,4H2,1-3H3,(H2,15,17)(H,16,18,21). The van der Waals surface area contributed by atoms with Crippen molar-refractivity contribution >= 4 is 23.8 Å². The molecule has 8 heteroatoms. The summed E-state index contributed by atoms with van der Waals surface area (Å²) in [6, 6.07) is 5.04. The Kier molecular flexibility index (Phi) is 4.40. The number of aryl methyl sites for hydroxylation is 1. The Bertz CT molecular complexity index is 723. The van der Waals surface area contributed by atoms with Crippen molar-refractivity contribution < 1.29 is 14.3 Å². The van der Waals surface area contributed by atoms with Gasteiger partial charge in [0.15, 0.2) is 0 Å². The van der Waals surface area contributed by atoms with Gasteiger partial charge in [0.05, 0.1) is 5.56 Å². The Hall–Kier alpha value is -2.90. The third-order valence-corrected chi connectivity index (χ3v) is 3.09. The molecule has 1 aromatic carbocycles. The molecule has 0 saturated carbocycles. The highest BCUT2D eigenvalue weighted by Gasteiger charge is 2.19. The molecule has 0 unspecified atom stereocenters. The van der Waals surface area contributed by atoms with Crippen molar-refractivity contribution in [2.45, 2.75) is 20.3 Å². The summed E-state index contributed by atoms with van der Waals surface area (Å²) in [5.74, 6) is -0.250. The molecule has 1 heterocycles. The lowest BCUT2D eigenvalue weighted by Crippen LogP contribution is -2.18. The predicted octanol–water partition coefficient (Wildman–Crippen LogP) is 1.27. The molecule has 116 valence electrons. The van der Waals surface area contributed by atoms with Gasteiger partial charge < -0.3 is 10.5 Å². The Morgan fingerprint density at radius 1 is 1.36 bits per heavy atom. The summed E-state index contributed by atoms with van der Waals surface area (Å²) in [4.78, 5) is 23.9. The second-order valence-electron chi connectivity index (χ2n) is 4.67.